The SMILES string of the molecule is N#Cc1ccc(O[C@H]2CN(S(=O)(=O)c3ccc(C(F)(F)F)cc3C#N)CC23CC3)cc1F. The van der Waals surface area contributed by atoms with Crippen molar-refractivity contribution in [2.75, 3.05) is 13.1 Å². The van der Waals surface area contributed by atoms with Crippen LogP contribution in [0.3, 0.4) is 0 Å². The number of nitrogens with zero attached hydrogens (tertiary/aromatic N) is 3. The molecule has 1 atom stereocenters. The van der Waals surface area contributed by atoms with E-state index < -0.39 is 49.6 Å². The Morgan fingerprint density at radius 3 is 2.31 bits per heavy atom. The Kier molecular flexibility index (Phi) is 5.15. The molecule has 1 aliphatic carbocycles. The van der Waals surface area contributed by atoms with E-state index in [9.17, 15) is 31.2 Å². The second-order valence-corrected chi connectivity index (χ2v) is 9.75. The molecule has 0 N–H and O–H groups in total. The Labute approximate surface area is 181 Å². The van der Waals surface area contributed by atoms with Crippen LogP contribution < -0.4 is 4.74 Å². The molecule has 0 unspecified atom stereocenters. The van der Waals surface area contributed by atoms with Crippen LogP contribution in [-0.4, -0.2) is 31.9 Å². The third-order valence-electron chi connectivity index (χ3n) is 5.82. The van der Waals surface area contributed by atoms with Gasteiger partial charge in [-0.1, -0.05) is 0 Å². The minimum absolute atomic E-state index is 0.0741. The number of alkyl halides is 3. The fraction of sp³-hybridized carbons (Fsp3) is 0.333. The monoisotopic (exact) mass is 465 g/mol. The summed E-state index contributed by atoms with van der Waals surface area (Å²) < 4.78 is 86.0. The second kappa shape index (κ2) is 7.47. The highest BCUT2D eigenvalue weighted by atomic mass is 32.2. The fourth-order valence-electron chi connectivity index (χ4n) is 3.86. The summed E-state index contributed by atoms with van der Waals surface area (Å²) in [6, 6.07) is 8.90. The minimum atomic E-state index is -4.71. The van der Waals surface area contributed by atoms with Crippen LogP contribution in [-0.2, 0) is 16.2 Å². The summed E-state index contributed by atoms with van der Waals surface area (Å²) in [6.07, 6.45) is -3.99. The van der Waals surface area contributed by atoms with Gasteiger partial charge >= 0.3 is 6.18 Å². The van der Waals surface area contributed by atoms with Gasteiger partial charge in [-0.25, -0.2) is 12.8 Å². The highest BCUT2D eigenvalue weighted by Crippen LogP contribution is 2.55. The van der Waals surface area contributed by atoms with Crippen molar-refractivity contribution >= 4 is 10.0 Å². The van der Waals surface area contributed by atoms with Gasteiger partial charge in [-0.15, -0.1) is 0 Å². The van der Waals surface area contributed by atoms with E-state index in [4.69, 9.17) is 10.00 Å². The first-order chi connectivity index (χ1) is 15.0. The maximum Gasteiger partial charge on any atom is 0.416 e. The van der Waals surface area contributed by atoms with Gasteiger partial charge in [0, 0.05) is 18.0 Å². The molecule has 1 saturated carbocycles. The Balaban J connectivity index is 1.61. The topological polar surface area (TPSA) is 94.2 Å². The molecule has 0 amide bonds. The first-order valence-corrected chi connectivity index (χ1v) is 10.9. The molecule has 166 valence electrons. The van der Waals surface area contributed by atoms with Crippen molar-refractivity contribution in [1.82, 2.24) is 4.31 Å². The van der Waals surface area contributed by atoms with Gasteiger partial charge in [-0.3, -0.25) is 0 Å². The Bertz CT molecular complexity index is 1270. The van der Waals surface area contributed by atoms with Crippen LogP contribution in [0.2, 0.25) is 0 Å². The average molecular weight is 465 g/mol. The molecular formula is C21H15F4N3O3S. The maximum atomic E-state index is 13.9. The first kappa shape index (κ1) is 22.1. The molecule has 11 heteroatoms. The van der Waals surface area contributed by atoms with E-state index in [-0.39, 0.29) is 24.4 Å². The van der Waals surface area contributed by atoms with E-state index in [2.05, 4.69) is 0 Å². The summed E-state index contributed by atoms with van der Waals surface area (Å²) >= 11 is 0. The lowest BCUT2D eigenvalue weighted by Crippen LogP contribution is -2.31. The lowest BCUT2D eigenvalue weighted by Gasteiger charge is -2.19. The van der Waals surface area contributed by atoms with Gasteiger partial charge < -0.3 is 4.74 Å². The average Bonchev–Trinajstić information content (AvgIpc) is 3.43. The number of nitriles is 2. The predicted molar refractivity (Wildman–Crippen MR) is 102 cm³/mol. The van der Waals surface area contributed by atoms with Gasteiger partial charge in [0.15, 0.2) is 0 Å². The van der Waals surface area contributed by atoms with Crippen molar-refractivity contribution in [3.05, 3.63) is 58.9 Å². The zero-order chi connectivity index (χ0) is 23.3. The largest absolute Gasteiger partial charge is 0.488 e. The van der Waals surface area contributed by atoms with Crippen LogP contribution in [0.25, 0.3) is 0 Å². The van der Waals surface area contributed by atoms with Crippen LogP contribution in [0, 0.1) is 33.9 Å². The van der Waals surface area contributed by atoms with Crippen LogP contribution in [0.1, 0.15) is 29.5 Å². The molecule has 2 fully saturated rings. The van der Waals surface area contributed by atoms with Gasteiger partial charge in [-0.2, -0.15) is 28.0 Å². The summed E-state index contributed by atoms with van der Waals surface area (Å²) in [6.45, 7) is -0.0273. The number of halogens is 4. The van der Waals surface area contributed by atoms with E-state index in [1.165, 1.54) is 18.2 Å². The lowest BCUT2D eigenvalue weighted by molar-refractivity contribution is -0.137. The maximum absolute atomic E-state index is 13.9. The van der Waals surface area contributed by atoms with Crippen LogP contribution in [0.15, 0.2) is 41.3 Å². The normalized spacial score (nSPS) is 20.0. The molecule has 4 rings (SSSR count). The van der Waals surface area contributed by atoms with Gasteiger partial charge in [-0.05, 0) is 43.2 Å². The Hall–Kier alpha value is -3.15. The molecule has 32 heavy (non-hydrogen) atoms. The Morgan fingerprint density at radius 1 is 1.06 bits per heavy atom. The zero-order valence-corrected chi connectivity index (χ0v) is 17.2. The van der Waals surface area contributed by atoms with Crippen molar-refractivity contribution in [3.8, 4) is 17.9 Å². The number of benzene rings is 2. The molecule has 0 bridgehead atoms. The molecule has 2 aromatic carbocycles. The van der Waals surface area contributed by atoms with Gasteiger partial charge in [0.05, 0.1) is 28.1 Å². The van der Waals surface area contributed by atoms with E-state index in [1.807, 2.05) is 0 Å². The molecule has 6 nitrogen and oxygen atoms in total. The van der Waals surface area contributed by atoms with Gasteiger partial charge in [0.1, 0.15) is 29.8 Å². The van der Waals surface area contributed by atoms with Crippen LogP contribution in [0.4, 0.5) is 17.6 Å². The predicted octanol–water partition coefficient (Wildman–Crippen LogP) is 3.82. The summed E-state index contributed by atoms with van der Waals surface area (Å²) in [7, 11) is -4.27. The minimum Gasteiger partial charge on any atom is -0.488 e. The smallest absolute Gasteiger partial charge is 0.416 e. The molecular weight excluding hydrogens is 450 g/mol. The number of rotatable bonds is 4. The highest BCUT2D eigenvalue weighted by molar-refractivity contribution is 7.89. The van der Waals surface area contributed by atoms with Crippen LogP contribution in [0.5, 0.6) is 5.75 Å². The molecule has 2 aliphatic rings. The molecule has 0 aromatic heterocycles. The van der Waals surface area contributed by atoms with Crippen molar-refractivity contribution in [3.63, 3.8) is 0 Å². The van der Waals surface area contributed by atoms with E-state index in [1.54, 1.807) is 6.07 Å². The number of hydrogen-bond acceptors (Lipinski definition) is 5. The van der Waals surface area contributed by atoms with Crippen LogP contribution >= 0.6 is 0 Å². The van der Waals surface area contributed by atoms with Crippen molar-refractivity contribution in [2.45, 2.75) is 30.0 Å². The highest BCUT2D eigenvalue weighted by Gasteiger charge is 2.59. The van der Waals surface area contributed by atoms with Gasteiger partial charge in [0.25, 0.3) is 0 Å². The van der Waals surface area contributed by atoms with E-state index >= 15 is 0 Å². The van der Waals surface area contributed by atoms with Crippen molar-refractivity contribution in [1.29, 1.82) is 10.5 Å². The number of sulfonamides is 1. The summed E-state index contributed by atoms with van der Waals surface area (Å²) in [4.78, 5) is -0.506. The molecule has 1 spiro atoms. The summed E-state index contributed by atoms with van der Waals surface area (Å²) in [5.41, 5.74) is -2.35. The molecule has 1 saturated heterocycles. The Morgan fingerprint density at radius 2 is 1.75 bits per heavy atom. The lowest BCUT2D eigenvalue weighted by atomic mass is 10.0. The fourth-order valence-corrected chi connectivity index (χ4v) is 5.52. The summed E-state index contributed by atoms with van der Waals surface area (Å²) in [5, 5.41) is 18.1. The molecule has 1 heterocycles. The van der Waals surface area contributed by atoms with E-state index in [0.29, 0.717) is 25.0 Å². The molecule has 2 aromatic rings. The van der Waals surface area contributed by atoms with Crippen molar-refractivity contribution < 1.29 is 30.7 Å². The standard InChI is InChI=1S/C21H15F4N3O3S/c22-17-8-16(3-1-13(17)9-26)31-19-11-28(12-20(19)5-6-20)32(29,30)18-4-2-15(21(23,24)25)7-14(18)10-27/h1-4,7-8,19H,5-6,11-12H2/t19-/m0/s1. The van der Waals surface area contributed by atoms with E-state index in [0.717, 1.165) is 16.4 Å². The number of ether oxygens (including phenoxy) is 1. The molecule has 1 aliphatic heterocycles. The third-order valence-corrected chi connectivity index (χ3v) is 7.69. The number of hydrogen-bond donors (Lipinski definition) is 0. The second-order valence-electron chi connectivity index (χ2n) is 7.84. The molecule has 0 radical (unpaired) electrons. The quantitative estimate of drug-likeness (QED) is 0.640. The van der Waals surface area contributed by atoms with Gasteiger partial charge in [0.2, 0.25) is 10.0 Å². The zero-order valence-electron chi connectivity index (χ0n) is 16.4. The van der Waals surface area contributed by atoms with Crippen molar-refractivity contribution in [2.24, 2.45) is 5.41 Å². The summed E-state index contributed by atoms with van der Waals surface area (Å²) in [5.74, 6) is -0.620. The third kappa shape index (κ3) is 3.78. The first-order valence-electron chi connectivity index (χ1n) is 9.48.